The Hall–Kier alpha value is -1.75. The van der Waals surface area contributed by atoms with Gasteiger partial charge in [-0.05, 0) is 24.6 Å². The predicted molar refractivity (Wildman–Crippen MR) is 59.5 cm³/mol. The first kappa shape index (κ1) is 11.7. The standard InChI is InChI=1S/C12H14O5/c1-6-4-9(16-3)7(5-8(6)15-2)10-11(17-10)12(13)14/h4-5,10-11H,1-3H3,(H,13,14). The van der Waals surface area contributed by atoms with E-state index in [4.69, 9.17) is 19.3 Å². The number of aliphatic carboxylic acids is 1. The highest BCUT2D eigenvalue weighted by Crippen LogP contribution is 2.45. The molecule has 17 heavy (non-hydrogen) atoms. The molecule has 1 aliphatic heterocycles. The molecule has 5 nitrogen and oxygen atoms in total. The lowest BCUT2D eigenvalue weighted by Gasteiger charge is -2.11. The van der Waals surface area contributed by atoms with Gasteiger partial charge in [-0.15, -0.1) is 0 Å². The Morgan fingerprint density at radius 1 is 1.29 bits per heavy atom. The van der Waals surface area contributed by atoms with Gasteiger partial charge in [0, 0.05) is 5.56 Å². The van der Waals surface area contributed by atoms with Crippen molar-refractivity contribution in [2.24, 2.45) is 0 Å². The van der Waals surface area contributed by atoms with Crippen molar-refractivity contribution >= 4 is 5.97 Å². The second-order valence-electron chi connectivity index (χ2n) is 3.88. The zero-order valence-corrected chi connectivity index (χ0v) is 9.89. The van der Waals surface area contributed by atoms with Crippen LogP contribution in [0.15, 0.2) is 12.1 Å². The van der Waals surface area contributed by atoms with E-state index in [-0.39, 0.29) is 0 Å². The zero-order valence-electron chi connectivity index (χ0n) is 9.89. The molecule has 1 heterocycles. The molecule has 0 amide bonds. The number of aryl methyl sites for hydroxylation is 1. The van der Waals surface area contributed by atoms with Crippen LogP contribution in [0, 0.1) is 6.92 Å². The smallest absolute Gasteiger partial charge is 0.335 e. The number of carbonyl (C=O) groups is 1. The molecule has 0 radical (unpaired) electrons. The molecule has 1 N–H and O–H groups in total. The molecule has 5 heteroatoms. The lowest BCUT2D eigenvalue weighted by Crippen LogP contribution is -2.05. The Morgan fingerprint density at radius 3 is 2.41 bits per heavy atom. The van der Waals surface area contributed by atoms with E-state index in [1.807, 2.05) is 13.0 Å². The molecular formula is C12H14O5. The predicted octanol–water partition coefficient (Wildman–Crippen LogP) is 1.54. The lowest BCUT2D eigenvalue weighted by molar-refractivity contribution is -0.138. The topological polar surface area (TPSA) is 68.3 Å². The Morgan fingerprint density at radius 2 is 1.94 bits per heavy atom. The number of carboxylic acid groups (broad SMARTS) is 1. The van der Waals surface area contributed by atoms with Crippen molar-refractivity contribution in [3.63, 3.8) is 0 Å². The van der Waals surface area contributed by atoms with E-state index in [2.05, 4.69) is 0 Å². The maximum Gasteiger partial charge on any atom is 0.335 e. The fourth-order valence-electron chi connectivity index (χ4n) is 1.83. The lowest BCUT2D eigenvalue weighted by atomic mass is 10.0. The number of benzene rings is 1. The van der Waals surface area contributed by atoms with Crippen molar-refractivity contribution < 1.29 is 24.1 Å². The molecule has 0 aromatic heterocycles. The minimum Gasteiger partial charge on any atom is -0.496 e. The van der Waals surface area contributed by atoms with Gasteiger partial charge in [0.1, 0.15) is 17.6 Å². The molecule has 92 valence electrons. The highest BCUT2D eigenvalue weighted by Gasteiger charge is 2.48. The van der Waals surface area contributed by atoms with Crippen LogP contribution < -0.4 is 9.47 Å². The molecule has 2 atom stereocenters. The molecule has 2 rings (SSSR count). The average molecular weight is 238 g/mol. The third-order valence-electron chi connectivity index (χ3n) is 2.79. The number of carboxylic acids is 1. The third-order valence-corrected chi connectivity index (χ3v) is 2.79. The van der Waals surface area contributed by atoms with E-state index in [1.165, 1.54) is 0 Å². The largest absolute Gasteiger partial charge is 0.496 e. The molecule has 1 fully saturated rings. The van der Waals surface area contributed by atoms with E-state index >= 15 is 0 Å². The summed E-state index contributed by atoms with van der Waals surface area (Å²) in [6.45, 7) is 1.90. The number of hydrogen-bond donors (Lipinski definition) is 1. The molecule has 0 spiro atoms. The van der Waals surface area contributed by atoms with Gasteiger partial charge < -0.3 is 19.3 Å². The van der Waals surface area contributed by atoms with E-state index in [1.54, 1.807) is 20.3 Å². The normalized spacial score (nSPS) is 22.1. The van der Waals surface area contributed by atoms with Crippen molar-refractivity contribution in [1.29, 1.82) is 0 Å². The highest BCUT2D eigenvalue weighted by molar-refractivity contribution is 5.76. The van der Waals surface area contributed by atoms with Crippen LogP contribution in [0.25, 0.3) is 0 Å². The van der Waals surface area contributed by atoms with Gasteiger partial charge in [0.2, 0.25) is 0 Å². The SMILES string of the molecule is COc1cc(C2OC2C(=O)O)c(OC)cc1C. The van der Waals surface area contributed by atoms with E-state index in [0.717, 1.165) is 5.56 Å². The maximum absolute atomic E-state index is 10.8. The summed E-state index contributed by atoms with van der Waals surface area (Å²) in [7, 11) is 3.12. The van der Waals surface area contributed by atoms with Crippen molar-refractivity contribution in [2.45, 2.75) is 19.1 Å². The van der Waals surface area contributed by atoms with Gasteiger partial charge >= 0.3 is 5.97 Å². The van der Waals surface area contributed by atoms with Crippen LogP contribution in [0.2, 0.25) is 0 Å². The fraction of sp³-hybridized carbons (Fsp3) is 0.417. The van der Waals surface area contributed by atoms with Crippen LogP contribution in [0.3, 0.4) is 0 Å². The maximum atomic E-state index is 10.8. The van der Waals surface area contributed by atoms with Crippen LogP contribution in [0.1, 0.15) is 17.2 Å². The third kappa shape index (κ3) is 2.06. The quantitative estimate of drug-likeness (QED) is 0.806. The summed E-state index contributed by atoms with van der Waals surface area (Å²) in [5, 5.41) is 8.83. The van der Waals surface area contributed by atoms with E-state index < -0.39 is 18.2 Å². The van der Waals surface area contributed by atoms with Crippen LogP contribution >= 0.6 is 0 Å². The summed E-state index contributed by atoms with van der Waals surface area (Å²) in [4.78, 5) is 10.8. The van der Waals surface area contributed by atoms with Crippen LogP contribution in [-0.2, 0) is 9.53 Å². The first-order valence-electron chi connectivity index (χ1n) is 5.19. The zero-order chi connectivity index (χ0) is 12.6. The van der Waals surface area contributed by atoms with E-state index in [0.29, 0.717) is 17.1 Å². The Bertz CT molecular complexity index is 454. The summed E-state index contributed by atoms with van der Waals surface area (Å²) >= 11 is 0. The van der Waals surface area contributed by atoms with Gasteiger partial charge in [-0.1, -0.05) is 0 Å². The van der Waals surface area contributed by atoms with Gasteiger partial charge in [-0.2, -0.15) is 0 Å². The fourth-order valence-corrected chi connectivity index (χ4v) is 1.83. The molecule has 1 saturated heterocycles. The summed E-state index contributed by atoms with van der Waals surface area (Å²) in [5.41, 5.74) is 1.64. The average Bonchev–Trinajstić information content (AvgIpc) is 3.08. The molecule has 0 aliphatic carbocycles. The summed E-state index contributed by atoms with van der Waals surface area (Å²) < 4.78 is 15.5. The minimum absolute atomic E-state index is 0.447. The first-order chi connectivity index (χ1) is 8.08. The number of hydrogen-bond acceptors (Lipinski definition) is 4. The number of ether oxygens (including phenoxy) is 3. The van der Waals surface area contributed by atoms with Crippen LogP contribution in [0.5, 0.6) is 11.5 Å². The van der Waals surface area contributed by atoms with Gasteiger partial charge in [0.15, 0.2) is 6.10 Å². The second-order valence-corrected chi connectivity index (χ2v) is 3.88. The first-order valence-corrected chi connectivity index (χ1v) is 5.19. The van der Waals surface area contributed by atoms with Gasteiger partial charge in [-0.3, -0.25) is 0 Å². The van der Waals surface area contributed by atoms with Crippen LogP contribution in [0.4, 0.5) is 0 Å². The Balaban J connectivity index is 2.36. The minimum atomic E-state index is -0.961. The number of epoxide rings is 1. The van der Waals surface area contributed by atoms with Gasteiger partial charge in [0.25, 0.3) is 0 Å². The summed E-state index contributed by atoms with van der Waals surface area (Å²) in [6, 6.07) is 3.58. The summed E-state index contributed by atoms with van der Waals surface area (Å²) in [6.07, 6.45) is -1.23. The molecule has 0 saturated carbocycles. The second kappa shape index (κ2) is 4.25. The number of methoxy groups -OCH3 is 2. The van der Waals surface area contributed by atoms with Crippen molar-refractivity contribution in [1.82, 2.24) is 0 Å². The van der Waals surface area contributed by atoms with E-state index in [9.17, 15) is 4.79 Å². The Kier molecular flexibility index (Phi) is 2.93. The van der Waals surface area contributed by atoms with Crippen molar-refractivity contribution in [3.05, 3.63) is 23.3 Å². The molecule has 1 aromatic rings. The molecule has 2 unspecified atom stereocenters. The molecule has 1 aromatic carbocycles. The van der Waals surface area contributed by atoms with Crippen molar-refractivity contribution in [3.8, 4) is 11.5 Å². The van der Waals surface area contributed by atoms with Gasteiger partial charge in [-0.25, -0.2) is 4.79 Å². The summed E-state index contributed by atoms with van der Waals surface area (Å²) in [5.74, 6) is 0.356. The Labute approximate surface area is 98.9 Å². The monoisotopic (exact) mass is 238 g/mol. The molecular weight excluding hydrogens is 224 g/mol. The molecule has 1 aliphatic rings. The van der Waals surface area contributed by atoms with Crippen molar-refractivity contribution in [2.75, 3.05) is 14.2 Å². The van der Waals surface area contributed by atoms with Crippen LogP contribution in [-0.4, -0.2) is 31.4 Å². The van der Waals surface area contributed by atoms with Gasteiger partial charge in [0.05, 0.1) is 14.2 Å². The molecule has 0 bridgehead atoms. The number of rotatable bonds is 4. The highest BCUT2D eigenvalue weighted by atomic mass is 16.6.